The van der Waals surface area contributed by atoms with E-state index in [-0.39, 0.29) is 36.6 Å². The number of rotatable bonds is 4. The standard InChI is InChI=1S/C18H21N3O4/c22-15(19-20-16(23)12-6-2-1-3-7-12)10-11-21-17(24)13-8-4-5-9-14(13)18(21)25/h1-3,6-7,13-14H,4-5,8-11H2,(H,19,22)(H,20,23)/t13-,14-/m0/s1. The second-order valence-corrected chi connectivity index (χ2v) is 6.44. The van der Waals surface area contributed by atoms with Crippen LogP contribution in [-0.2, 0) is 14.4 Å². The van der Waals surface area contributed by atoms with E-state index >= 15 is 0 Å². The smallest absolute Gasteiger partial charge is 0.269 e. The zero-order valence-electron chi connectivity index (χ0n) is 13.9. The summed E-state index contributed by atoms with van der Waals surface area (Å²) >= 11 is 0. The first-order valence-electron chi connectivity index (χ1n) is 8.57. The minimum atomic E-state index is -0.445. The van der Waals surface area contributed by atoms with Crippen LogP contribution in [0.3, 0.4) is 0 Å². The van der Waals surface area contributed by atoms with Crippen molar-refractivity contribution in [1.29, 1.82) is 0 Å². The third kappa shape index (κ3) is 3.70. The lowest BCUT2D eigenvalue weighted by molar-refractivity contribution is -0.140. The van der Waals surface area contributed by atoms with Crippen LogP contribution in [0.4, 0.5) is 0 Å². The topological polar surface area (TPSA) is 95.6 Å². The number of benzene rings is 1. The first-order valence-corrected chi connectivity index (χ1v) is 8.57. The third-order valence-electron chi connectivity index (χ3n) is 4.85. The predicted molar refractivity (Wildman–Crippen MR) is 88.8 cm³/mol. The summed E-state index contributed by atoms with van der Waals surface area (Å²) in [5.41, 5.74) is 5.06. The number of carbonyl (C=O) groups is 4. The van der Waals surface area contributed by atoms with Crippen LogP contribution in [0.1, 0.15) is 42.5 Å². The average Bonchev–Trinajstić information content (AvgIpc) is 2.89. The molecular formula is C18H21N3O4. The summed E-state index contributed by atoms with van der Waals surface area (Å²) in [5, 5.41) is 0. The molecule has 2 aliphatic rings. The van der Waals surface area contributed by atoms with Gasteiger partial charge in [-0.25, -0.2) is 0 Å². The number of hydrogen-bond donors (Lipinski definition) is 2. The van der Waals surface area contributed by atoms with E-state index in [1.807, 2.05) is 0 Å². The molecule has 1 saturated carbocycles. The van der Waals surface area contributed by atoms with Crippen molar-refractivity contribution in [2.45, 2.75) is 32.1 Å². The molecule has 0 bridgehead atoms. The molecule has 2 atom stereocenters. The molecule has 0 radical (unpaired) electrons. The fraction of sp³-hybridized carbons (Fsp3) is 0.444. The maximum atomic E-state index is 12.3. The van der Waals surface area contributed by atoms with Gasteiger partial charge in [-0.15, -0.1) is 0 Å². The fourth-order valence-electron chi connectivity index (χ4n) is 3.52. The Morgan fingerprint density at radius 2 is 1.56 bits per heavy atom. The largest absolute Gasteiger partial charge is 0.282 e. The molecular weight excluding hydrogens is 322 g/mol. The summed E-state index contributed by atoms with van der Waals surface area (Å²) < 4.78 is 0. The van der Waals surface area contributed by atoms with E-state index in [9.17, 15) is 19.2 Å². The van der Waals surface area contributed by atoms with Crippen LogP contribution in [0.15, 0.2) is 30.3 Å². The molecule has 1 heterocycles. The van der Waals surface area contributed by atoms with Crippen LogP contribution in [0.25, 0.3) is 0 Å². The Bertz CT molecular complexity index is 665. The van der Waals surface area contributed by atoms with E-state index in [0.29, 0.717) is 5.56 Å². The van der Waals surface area contributed by atoms with Crippen molar-refractivity contribution in [2.24, 2.45) is 11.8 Å². The highest BCUT2D eigenvalue weighted by Gasteiger charge is 2.47. The number of nitrogens with zero attached hydrogens (tertiary/aromatic N) is 1. The number of fused-ring (bicyclic) bond motifs is 1. The van der Waals surface area contributed by atoms with Crippen molar-refractivity contribution in [1.82, 2.24) is 15.8 Å². The Kier molecular flexibility index (Phi) is 5.11. The summed E-state index contributed by atoms with van der Waals surface area (Å²) in [6.07, 6.45) is 3.42. The van der Waals surface area contributed by atoms with Gasteiger partial charge in [0.1, 0.15) is 0 Å². The van der Waals surface area contributed by atoms with Crippen molar-refractivity contribution >= 4 is 23.6 Å². The minimum absolute atomic E-state index is 0.0357. The van der Waals surface area contributed by atoms with Gasteiger partial charge in [-0.2, -0.15) is 0 Å². The molecule has 4 amide bonds. The molecule has 1 aromatic rings. The van der Waals surface area contributed by atoms with Gasteiger partial charge >= 0.3 is 0 Å². The van der Waals surface area contributed by atoms with Gasteiger partial charge < -0.3 is 0 Å². The van der Waals surface area contributed by atoms with E-state index in [0.717, 1.165) is 25.7 Å². The van der Waals surface area contributed by atoms with Gasteiger partial charge in [0, 0.05) is 18.5 Å². The molecule has 25 heavy (non-hydrogen) atoms. The first kappa shape index (κ1) is 17.1. The van der Waals surface area contributed by atoms with E-state index in [1.54, 1.807) is 30.3 Å². The Morgan fingerprint density at radius 3 is 2.16 bits per heavy atom. The second kappa shape index (κ2) is 7.46. The van der Waals surface area contributed by atoms with Crippen molar-refractivity contribution in [3.8, 4) is 0 Å². The van der Waals surface area contributed by atoms with E-state index in [4.69, 9.17) is 0 Å². The maximum absolute atomic E-state index is 12.3. The Morgan fingerprint density at radius 1 is 0.960 bits per heavy atom. The number of hydrogen-bond acceptors (Lipinski definition) is 4. The lowest BCUT2D eigenvalue weighted by Crippen LogP contribution is -2.43. The minimum Gasteiger partial charge on any atom is -0.282 e. The molecule has 7 heteroatoms. The Hall–Kier alpha value is -2.70. The monoisotopic (exact) mass is 343 g/mol. The highest BCUT2D eigenvalue weighted by molar-refractivity contribution is 6.05. The van der Waals surface area contributed by atoms with Gasteiger partial charge in [0.05, 0.1) is 11.8 Å². The Balaban J connectivity index is 1.47. The summed E-state index contributed by atoms with van der Waals surface area (Å²) in [6.45, 7) is 0.0533. The van der Waals surface area contributed by atoms with E-state index < -0.39 is 11.8 Å². The lowest BCUT2D eigenvalue weighted by atomic mass is 9.81. The molecule has 7 nitrogen and oxygen atoms in total. The molecule has 0 aromatic heterocycles. The highest BCUT2D eigenvalue weighted by Crippen LogP contribution is 2.37. The molecule has 0 unspecified atom stereocenters. The van der Waals surface area contributed by atoms with Gasteiger partial charge in [-0.3, -0.25) is 34.9 Å². The van der Waals surface area contributed by atoms with Crippen LogP contribution in [0.5, 0.6) is 0 Å². The summed E-state index contributed by atoms with van der Waals surface area (Å²) in [6, 6.07) is 8.49. The van der Waals surface area contributed by atoms with Crippen LogP contribution in [0.2, 0.25) is 0 Å². The van der Waals surface area contributed by atoms with E-state index in [2.05, 4.69) is 10.9 Å². The number of hydrazine groups is 1. The molecule has 2 fully saturated rings. The van der Waals surface area contributed by atoms with Crippen LogP contribution >= 0.6 is 0 Å². The fourth-order valence-corrected chi connectivity index (χ4v) is 3.52. The first-order chi connectivity index (χ1) is 12.1. The Labute approximate surface area is 145 Å². The van der Waals surface area contributed by atoms with Crippen LogP contribution in [0, 0.1) is 11.8 Å². The quantitative estimate of drug-likeness (QED) is 0.630. The number of imide groups is 1. The zero-order valence-corrected chi connectivity index (χ0v) is 13.9. The molecule has 0 spiro atoms. The summed E-state index contributed by atoms with van der Waals surface area (Å²) in [5.74, 6) is -1.59. The summed E-state index contributed by atoms with van der Waals surface area (Å²) in [4.78, 5) is 49.6. The van der Waals surface area contributed by atoms with Crippen molar-refractivity contribution < 1.29 is 19.2 Å². The normalized spacial score (nSPS) is 22.5. The summed E-state index contributed by atoms with van der Waals surface area (Å²) in [7, 11) is 0. The molecule has 1 aliphatic heterocycles. The van der Waals surface area contributed by atoms with Crippen LogP contribution in [-0.4, -0.2) is 35.1 Å². The highest BCUT2D eigenvalue weighted by atomic mass is 16.2. The second-order valence-electron chi connectivity index (χ2n) is 6.44. The molecule has 1 aromatic carbocycles. The van der Waals surface area contributed by atoms with Crippen LogP contribution < -0.4 is 10.9 Å². The van der Waals surface area contributed by atoms with Gasteiger partial charge in [0.15, 0.2) is 0 Å². The zero-order chi connectivity index (χ0) is 17.8. The molecule has 1 aliphatic carbocycles. The average molecular weight is 343 g/mol. The predicted octanol–water partition coefficient (Wildman–Crippen LogP) is 1.01. The van der Waals surface area contributed by atoms with Crippen molar-refractivity contribution in [3.05, 3.63) is 35.9 Å². The molecule has 3 rings (SSSR count). The number of likely N-dealkylation sites (tertiary alicyclic amines) is 1. The third-order valence-corrected chi connectivity index (χ3v) is 4.85. The number of amides is 4. The van der Waals surface area contributed by atoms with Gasteiger partial charge in [0.2, 0.25) is 17.7 Å². The van der Waals surface area contributed by atoms with Crippen molar-refractivity contribution in [2.75, 3.05) is 6.54 Å². The van der Waals surface area contributed by atoms with E-state index in [1.165, 1.54) is 4.90 Å². The maximum Gasteiger partial charge on any atom is 0.269 e. The van der Waals surface area contributed by atoms with Gasteiger partial charge in [-0.05, 0) is 25.0 Å². The molecule has 1 saturated heterocycles. The number of carbonyl (C=O) groups excluding carboxylic acids is 4. The SMILES string of the molecule is O=C(CCN1C(=O)[C@H]2CCCC[C@@H]2C1=O)NNC(=O)c1ccccc1. The lowest BCUT2D eigenvalue weighted by Gasteiger charge is -2.19. The molecule has 2 N–H and O–H groups in total. The van der Waals surface area contributed by atoms with Crippen molar-refractivity contribution in [3.63, 3.8) is 0 Å². The molecule has 132 valence electrons. The van der Waals surface area contributed by atoms with Gasteiger partial charge in [-0.1, -0.05) is 31.0 Å². The van der Waals surface area contributed by atoms with Gasteiger partial charge in [0.25, 0.3) is 5.91 Å². The number of nitrogens with one attached hydrogen (secondary N) is 2.